The van der Waals surface area contributed by atoms with Crippen molar-refractivity contribution in [1.82, 2.24) is 0 Å². The highest BCUT2D eigenvalue weighted by molar-refractivity contribution is 7.53. The molecule has 164 valence electrons. The monoisotopic (exact) mass is 436 g/mol. The Hall–Kier alpha value is -2.41. The summed E-state index contributed by atoms with van der Waals surface area (Å²) in [6.07, 6.45) is 1.59. The second kappa shape index (κ2) is 12.3. The van der Waals surface area contributed by atoms with Crippen LogP contribution in [-0.4, -0.2) is 30.8 Å². The van der Waals surface area contributed by atoms with E-state index < -0.39 is 12.5 Å². The lowest BCUT2D eigenvalue weighted by molar-refractivity contribution is -0.384. The summed E-state index contributed by atoms with van der Waals surface area (Å²) in [4.78, 5) is 10.9. The number of benzene rings is 2. The van der Waals surface area contributed by atoms with E-state index in [1.807, 2.05) is 30.3 Å². The molecule has 9 heteroatoms. The Balaban J connectivity index is 1.91. The molecule has 1 N–H and O–H groups in total. The third-order valence-corrected chi connectivity index (χ3v) is 6.41. The van der Waals surface area contributed by atoms with Gasteiger partial charge in [0, 0.05) is 18.7 Å². The first-order valence-corrected chi connectivity index (χ1v) is 11.8. The smallest absolute Gasteiger partial charge is 0.330 e. The number of nitrogens with one attached hydrogen (secondary N) is 1. The average molecular weight is 436 g/mol. The van der Waals surface area contributed by atoms with Gasteiger partial charge in [-0.1, -0.05) is 30.3 Å². The fourth-order valence-corrected chi connectivity index (χ4v) is 4.59. The number of hydrogen-bond donors (Lipinski definition) is 1. The van der Waals surface area contributed by atoms with E-state index in [1.165, 1.54) is 6.07 Å². The number of anilines is 1. The van der Waals surface area contributed by atoms with E-state index >= 15 is 0 Å². The molecule has 0 radical (unpaired) electrons. The predicted molar refractivity (Wildman–Crippen MR) is 117 cm³/mol. The summed E-state index contributed by atoms with van der Waals surface area (Å²) in [5, 5.41) is 14.4. The first-order chi connectivity index (χ1) is 14.5. The molecule has 0 saturated carbocycles. The normalized spacial score (nSPS) is 11.3. The van der Waals surface area contributed by atoms with Crippen LogP contribution in [0.2, 0.25) is 0 Å². The summed E-state index contributed by atoms with van der Waals surface area (Å²) >= 11 is 0. The number of rotatable bonds is 14. The Morgan fingerprint density at radius 1 is 1.03 bits per heavy atom. The maximum Gasteiger partial charge on any atom is 0.330 e. The minimum absolute atomic E-state index is 0.0173. The van der Waals surface area contributed by atoms with E-state index in [0.717, 1.165) is 5.56 Å². The molecule has 2 rings (SSSR count). The zero-order valence-electron chi connectivity index (χ0n) is 17.4. The van der Waals surface area contributed by atoms with Gasteiger partial charge >= 0.3 is 7.60 Å². The van der Waals surface area contributed by atoms with Gasteiger partial charge in [0.15, 0.2) is 0 Å². The van der Waals surface area contributed by atoms with Crippen molar-refractivity contribution in [1.29, 1.82) is 0 Å². The molecule has 2 aromatic rings. The standard InChI is InChI=1S/C21H29N2O6P/c1-3-28-30(26,29-4-2)15-9-8-14-22-20-16-19(12-13-21(20)23(24)25)27-17-18-10-6-5-7-11-18/h5-7,10-13,16,22H,3-4,8-9,14-15,17H2,1-2H3. The molecule has 0 spiro atoms. The van der Waals surface area contributed by atoms with Crippen molar-refractivity contribution in [3.63, 3.8) is 0 Å². The summed E-state index contributed by atoms with van der Waals surface area (Å²) < 4.78 is 28.8. The van der Waals surface area contributed by atoms with Gasteiger partial charge in [-0.15, -0.1) is 0 Å². The maximum atomic E-state index is 12.5. The number of nitrogens with zero attached hydrogens (tertiary/aromatic N) is 1. The summed E-state index contributed by atoms with van der Waals surface area (Å²) in [5.41, 5.74) is 1.39. The number of nitro benzene ring substituents is 1. The molecule has 0 bridgehead atoms. The molecule has 30 heavy (non-hydrogen) atoms. The van der Waals surface area contributed by atoms with Crippen LogP contribution < -0.4 is 10.1 Å². The second-order valence-corrected chi connectivity index (χ2v) is 8.70. The highest BCUT2D eigenvalue weighted by Crippen LogP contribution is 2.48. The Morgan fingerprint density at radius 2 is 1.73 bits per heavy atom. The van der Waals surface area contributed by atoms with Gasteiger partial charge in [0.1, 0.15) is 18.0 Å². The van der Waals surface area contributed by atoms with E-state index in [9.17, 15) is 14.7 Å². The molecular weight excluding hydrogens is 407 g/mol. The lowest BCUT2D eigenvalue weighted by Crippen LogP contribution is -2.07. The van der Waals surface area contributed by atoms with Crippen molar-refractivity contribution >= 4 is 19.0 Å². The van der Waals surface area contributed by atoms with Crippen LogP contribution in [0.15, 0.2) is 48.5 Å². The lowest BCUT2D eigenvalue weighted by atomic mass is 10.2. The number of ether oxygens (including phenoxy) is 1. The summed E-state index contributed by atoms with van der Waals surface area (Å²) in [6, 6.07) is 14.3. The van der Waals surface area contributed by atoms with Crippen LogP contribution in [0, 0.1) is 10.1 Å². The maximum absolute atomic E-state index is 12.5. The Labute approximate surface area is 177 Å². The molecule has 8 nitrogen and oxygen atoms in total. The Kier molecular flexibility index (Phi) is 9.80. The van der Waals surface area contributed by atoms with Gasteiger partial charge in [0.25, 0.3) is 5.69 Å². The van der Waals surface area contributed by atoms with Gasteiger partial charge in [0.2, 0.25) is 0 Å². The summed E-state index contributed by atoms with van der Waals surface area (Å²) in [6.45, 7) is 5.08. The van der Waals surface area contributed by atoms with Crippen molar-refractivity contribution in [2.45, 2.75) is 33.3 Å². The summed E-state index contributed by atoms with van der Waals surface area (Å²) in [7, 11) is -3.06. The van der Waals surface area contributed by atoms with E-state index in [1.54, 1.807) is 26.0 Å². The molecule has 0 fully saturated rings. The number of nitro groups is 1. The molecule has 0 aliphatic carbocycles. The molecule has 0 heterocycles. The zero-order valence-corrected chi connectivity index (χ0v) is 18.3. The van der Waals surface area contributed by atoms with E-state index in [-0.39, 0.29) is 5.69 Å². The van der Waals surface area contributed by atoms with Gasteiger partial charge < -0.3 is 19.1 Å². The van der Waals surface area contributed by atoms with Crippen molar-refractivity contribution in [3.8, 4) is 5.75 Å². The molecule has 0 atom stereocenters. The average Bonchev–Trinajstić information content (AvgIpc) is 2.73. The molecule has 0 unspecified atom stereocenters. The highest BCUT2D eigenvalue weighted by atomic mass is 31.2. The minimum atomic E-state index is -3.06. The van der Waals surface area contributed by atoms with Gasteiger partial charge in [-0.2, -0.15) is 0 Å². The fourth-order valence-electron chi connectivity index (χ4n) is 2.86. The first kappa shape index (κ1) is 23.9. The minimum Gasteiger partial charge on any atom is -0.489 e. The molecule has 2 aromatic carbocycles. The quantitative estimate of drug-likeness (QED) is 0.177. The molecule has 0 aliphatic rings. The predicted octanol–water partition coefficient (Wildman–Crippen LogP) is 5.63. The topological polar surface area (TPSA) is 99.9 Å². The van der Waals surface area contributed by atoms with Crippen molar-refractivity contribution < 1.29 is 23.3 Å². The molecular formula is C21H29N2O6P. The van der Waals surface area contributed by atoms with Crippen LogP contribution in [0.4, 0.5) is 11.4 Å². The third-order valence-electron chi connectivity index (χ3n) is 4.24. The highest BCUT2D eigenvalue weighted by Gasteiger charge is 2.22. The van der Waals surface area contributed by atoms with Crippen LogP contribution in [0.25, 0.3) is 0 Å². The molecule has 0 saturated heterocycles. The zero-order chi connectivity index (χ0) is 21.8. The van der Waals surface area contributed by atoms with Crippen molar-refractivity contribution in [2.75, 3.05) is 31.2 Å². The number of unbranched alkanes of at least 4 members (excludes halogenated alkanes) is 1. The van der Waals surface area contributed by atoms with Gasteiger partial charge in [-0.3, -0.25) is 14.7 Å². The SMILES string of the molecule is CCOP(=O)(CCCCNc1cc(OCc2ccccc2)ccc1[N+](=O)[O-])OCC. The van der Waals surface area contributed by atoms with Gasteiger partial charge in [-0.25, -0.2) is 0 Å². The van der Waals surface area contributed by atoms with Crippen LogP contribution in [-0.2, 0) is 20.2 Å². The van der Waals surface area contributed by atoms with Gasteiger partial charge in [0.05, 0.1) is 24.3 Å². The first-order valence-electron chi connectivity index (χ1n) is 10.0. The van der Waals surface area contributed by atoms with E-state index in [0.29, 0.717) is 56.8 Å². The molecule has 0 amide bonds. The Morgan fingerprint density at radius 3 is 2.37 bits per heavy atom. The summed E-state index contributed by atoms with van der Waals surface area (Å²) in [5.74, 6) is 0.546. The van der Waals surface area contributed by atoms with Crippen LogP contribution in [0.1, 0.15) is 32.3 Å². The van der Waals surface area contributed by atoms with Gasteiger partial charge in [-0.05, 0) is 38.3 Å². The Bertz CT molecular complexity index is 837. The number of hydrogen-bond acceptors (Lipinski definition) is 7. The van der Waals surface area contributed by atoms with Crippen molar-refractivity contribution in [3.05, 3.63) is 64.2 Å². The van der Waals surface area contributed by atoms with E-state index in [4.69, 9.17) is 13.8 Å². The molecule has 0 aliphatic heterocycles. The van der Waals surface area contributed by atoms with Crippen molar-refractivity contribution in [2.24, 2.45) is 0 Å². The van der Waals surface area contributed by atoms with Crippen LogP contribution in [0.3, 0.4) is 0 Å². The second-order valence-electron chi connectivity index (χ2n) is 6.51. The van der Waals surface area contributed by atoms with Crippen LogP contribution >= 0.6 is 7.60 Å². The fraction of sp³-hybridized carbons (Fsp3) is 0.429. The third kappa shape index (κ3) is 7.78. The largest absolute Gasteiger partial charge is 0.489 e. The molecule has 0 aromatic heterocycles. The lowest BCUT2D eigenvalue weighted by Gasteiger charge is -2.16. The van der Waals surface area contributed by atoms with E-state index in [2.05, 4.69) is 5.32 Å². The van der Waals surface area contributed by atoms with Crippen LogP contribution in [0.5, 0.6) is 5.75 Å².